The number of aliphatic hydroxyl groups is 4. The average molecular weight is 649 g/mol. The average Bonchev–Trinajstić information content (AvgIpc) is 3.02. The van der Waals surface area contributed by atoms with Crippen LogP contribution in [0.4, 0.5) is 0 Å². The van der Waals surface area contributed by atoms with Crippen molar-refractivity contribution in [3.8, 4) is 0 Å². The van der Waals surface area contributed by atoms with Crippen molar-refractivity contribution in [1.82, 2.24) is 0 Å². The number of methoxy groups -OCH3 is 1. The lowest BCUT2D eigenvalue weighted by Gasteiger charge is -2.71. The van der Waals surface area contributed by atoms with Crippen molar-refractivity contribution in [3.05, 3.63) is 11.6 Å². The van der Waals surface area contributed by atoms with E-state index in [9.17, 15) is 35.1 Å². The maximum absolute atomic E-state index is 13.0. The van der Waals surface area contributed by atoms with Gasteiger partial charge >= 0.3 is 11.9 Å². The molecule has 0 aromatic heterocycles. The number of ether oxygens (including phenoxy) is 3. The highest BCUT2D eigenvalue weighted by Gasteiger charge is 2.70. The molecule has 260 valence electrons. The first-order valence-corrected chi connectivity index (χ1v) is 17.4. The molecule has 10 nitrogen and oxygen atoms in total. The molecule has 6 aliphatic rings. The topological polar surface area (TPSA) is 163 Å². The molecule has 14 atom stereocenters. The number of fused-ring (bicyclic) bond motifs is 7. The summed E-state index contributed by atoms with van der Waals surface area (Å²) in [4.78, 5) is 26.0. The molecular formula is C36H56O10. The van der Waals surface area contributed by atoms with Gasteiger partial charge in [-0.1, -0.05) is 39.3 Å². The van der Waals surface area contributed by atoms with E-state index in [0.29, 0.717) is 38.0 Å². The number of carbonyl (C=O) groups excluding carboxylic acids is 1. The minimum absolute atomic E-state index is 0.0942. The lowest BCUT2D eigenvalue weighted by Crippen LogP contribution is -2.66. The fourth-order valence-electron chi connectivity index (χ4n) is 12.2. The zero-order valence-electron chi connectivity index (χ0n) is 28.5. The number of esters is 1. The van der Waals surface area contributed by atoms with E-state index in [1.54, 1.807) is 0 Å². The van der Waals surface area contributed by atoms with E-state index in [1.807, 2.05) is 6.92 Å². The Morgan fingerprint density at radius 3 is 2.28 bits per heavy atom. The minimum atomic E-state index is -1.39. The van der Waals surface area contributed by atoms with Crippen molar-refractivity contribution in [3.63, 3.8) is 0 Å². The zero-order chi connectivity index (χ0) is 33.7. The Balaban J connectivity index is 1.33. The third kappa shape index (κ3) is 4.49. The van der Waals surface area contributed by atoms with E-state index < -0.39 is 52.9 Å². The molecule has 4 saturated carbocycles. The van der Waals surface area contributed by atoms with Crippen molar-refractivity contribution < 1.29 is 49.3 Å². The molecule has 0 unspecified atom stereocenters. The van der Waals surface area contributed by atoms with Gasteiger partial charge < -0.3 is 39.7 Å². The summed E-state index contributed by atoms with van der Waals surface area (Å²) in [6, 6.07) is 0. The van der Waals surface area contributed by atoms with Crippen LogP contribution >= 0.6 is 0 Å². The Bertz CT molecular complexity index is 1270. The van der Waals surface area contributed by atoms with Crippen LogP contribution in [0.2, 0.25) is 0 Å². The number of aliphatic carboxylic acids is 1. The van der Waals surface area contributed by atoms with Crippen LogP contribution in [-0.4, -0.2) is 88.5 Å². The predicted octanol–water partition coefficient (Wildman–Crippen LogP) is 3.82. The van der Waals surface area contributed by atoms with E-state index in [0.717, 1.165) is 32.1 Å². The molecule has 5 N–H and O–H groups in total. The van der Waals surface area contributed by atoms with Gasteiger partial charge in [0.25, 0.3) is 0 Å². The molecular weight excluding hydrogens is 592 g/mol. The molecule has 5 fully saturated rings. The van der Waals surface area contributed by atoms with Crippen molar-refractivity contribution >= 4 is 11.9 Å². The lowest BCUT2D eigenvalue weighted by molar-refractivity contribution is -0.312. The molecule has 1 aliphatic heterocycles. The lowest BCUT2D eigenvalue weighted by atomic mass is 9.33. The molecule has 6 rings (SSSR count). The van der Waals surface area contributed by atoms with Crippen molar-refractivity contribution in [2.75, 3.05) is 20.3 Å². The first-order chi connectivity index (χ1) is 21.5. The van der Waals surface area contributed by atoms with Gasteiger partial charge in [-0.3, -0.25) is 9.59 Å². The molecule has 0 spiro atoms. The summed E-state index contributed by atoms with van der Waals surface area (Å²) in [6.45, 7) is 10.9. The number of carboxylic acids is 1. The Kier molecular flexibility index (Phi) is 8.38. The highest BCUT2D eigenvalue weighted by molar-refractivity contribution is 5.80. The molecule has 46 heavy (non-hydrogen) atoms. The van der Waals surface area contributed by atoms with Crippen molar-refractivity contribution in [1.29, 1.82) is 0 Å². The maximum atomic E-state index is 13.0. The minimum Gasteiger partial charge on any atom is -0.481 e. The summed E-state index contributed by atoms with van der Waals surface area (Å²) in [5.74, 6) is -0.822. The van der Waals surface area contributed by atoms with Gasteiger partial charge in [0.15, 0.2) is 6.29 Å². The van der Waals surface area contributed by atoms with Crippen LogP contribution in [0.25, 0.3) is 0 Å². The maximum Gasteiger partial charge on any atom is 0.311 e. The van der Waals surface area contributed by atoms with Gasteiger partial charge in [-0.25, -0.2) is 0 Å². The quantitative estimate of drug-likeness (QED) is 0.168. The molecule has 0 amide bonds. The predicted molar refractivity (Wildman–Crippen MR) is 167 cm³/mol. The highest BCUT2D eigenvalue weighted by Crippen LogP contribution is 2.76. The van der Waals surface area contributed by atoms with Crippen molar-refractivity contribution in [2.24, 2.45) is 50.2 Å². The van der Waals surface area contributed by atoms with Crippen LogP contribution in [0.15, 0.2) is 11.6 Å². The van der Waals surface area contributed by atoms with Crippen LogP contribution in [0.1, 0.15) is 98.8 Å². The summed E-state index contributed by atoms with van der Waals surface area (Å²) in [6.07, 6.45) is 3.88. The van der Waals surface area contributed by atoms with Gasteiger partial charge in [-0.05, 0) is 105 Å². The SMILES string of the molecule is COC(=O)[C@@]1(C)CC[C@]2(C(=O)O)CC[C@]3(C)C(=CC[C@@H]4[C@@]5(C)CC[C@H](O[C@@H]6OC[C@@H](O)[C@H](O)[C@H]6O)[C@@](C)(CO)[C@@H]5CC[C@]43C)[C@@H]2C1. The van der Waals surface area contributed by atoms with E-state index in [4.69, 9.17) is 14.2 Å². The molecule has 0 aromatic rings. The molecule has 0 bridgehead atoms. The molecule has 0 radical (unpaired) electrons. The largest absolute Gasteiger partial charge is 0.481 e. The van der Waals surface area contributed by atoms with Crippen LogP contribution in [0.3, 0.4) is 0 Å². The number of carboxylic acid groups (broad SMARTS) is 1. The van der Waals surface area contributed by atoms with Gasteiger partial charge in [-0.15, -0.1) is 0 Å². The Morgan fingerprint density at radius 2 is 1.63 bits per heavy atom. The summed E-state index contributed by atoms with van der Waals surface area (Å²) >= 11 is 0. The molecule has 5 aliphatic carbocycles. The van der Waals surface area contributed by atoms with Gasteiger partial charge in [-0.2, -0.15) is 0 Å². The number of hydrogen-bond donors (Lipinski definition) is 5. The number of hydrogen-bond acceptors (Lipinski definition) is 9. The number of aliphatic hydroxyl groups excluding tert-OH is 4. The summed E-state index contributed by atoms with van der Waals surface area (Å²) < 4.78 is 17.2. The molecule has 10 heteroatoms. The third-order valence-corrected chi connectivity index (χ3v) is 15.3. The number of rotatable bonds is 5. The fraction of sp³-hybridized carbons (Fsp3) is 0.889. The molecule has 0 aromatic carbocycles. The number of carbonyl (C=O) groups is 2. The summed E-state index contributed by atoms with van der Waals surface area (Å²) in [5.41, 5.74) is -1.47. The Labute approximate surface area is 272 Å². The second kappa shape index (κ2) is 11.2. The van der Waals surface area contributed by atoms with Crippen LogP contribution in [0.5, 0.6) is 0 Å². The van der Waals surface area contributed by atoms with Crippen LogP contribution in [-0.2, 0) is 23.8 Å². The first-order valence-electron chi connectivity index (χ1n) is 17.4. The first kappa shape index (κ1) is 34.3. The monoisotopic (exact) mass is 648 g/mol. The fourth-order valence-corrected chi connectivity index (χ4v) is 12.2. The smallest absolute Gasteiger partial charge is 0.311 e. The number of allylic oxidation sites excluding steroid dienone is 2. The van der Waals surface area contributed by atoms with E-state index in [1.165, 1.54) is 12.7 Å². The van der Waals surface area contributed by atoms with Crippen molar-refractivity contribution in [2.45, 2.75) is 130 Å². The van der Waals surface area contributed by atoms with Crippen LogP contribution < -0.4 is 0 Å². The van der Waals surface area contributed by atoms with Gasteiger partial charge in [0, 0.05) is 5.41 Å². The molecule has 1 heterocycles. The summed E-state index contributed by atoms with van der Waals surface area (Å²) in [7, 11) is 1.42. The Morgan fingerprint density at radius 1 is 0.935 bits per heavy atom. The third-order valence-electron chi connectivity index (χ3n) is 15.3. The van der Waals surface area contributed by atoms with E-state index in [-0.39, 0.29) is 47.3 Å². The molecule has 1 saturated heterocycles. The standard InChI is InChI=1S/C36H56O10/c1-31(30(43)44-6)13-15-36(29(41)42)16-14-34(4)20(21(36)17-31)7-8-24-32(2)11-10-25(46-28-27(40)26(39)22(38)18-45-28)33(3,19-37)23(32)9-12-35(24,34)5/h7,21-28,37-40H,8-19H2,1-6H3,(H,41,42)/t21-,22+,23+,24+,25-,26-,27+,28-,31-,32-,33-,34+,35+,36-/m0/s1. The van der Waals surface area contributed by atoms with E-state index >= 15 is 0 Å². The van der Waals surface area contributed by atoms with Gasteiger partial charge in [0.2, 0.25) is 0 Å². The second-order valence-electron chi connectivity index (χ2n) is 17.1. The Hall–Kier alpha value is -1.56. The zero-order valence-corrected chi connectivity index (χ0v) is 28.5. The van der Waals surface area contributed by atoms with Gasteiger partial charge in [0.1, 0.15) is 18.3 Å². The van der Waals surface area contributed by atoms with E-state index in [2.05, 4.69) is 33.8 Å². The normalized spacial score (nSPS) is 53.5. The highest BCUT2D eigenvalue weighted by atomic mass is 16.7. The van der Waals surface area contributed by atoms with Crippen LogP contribution in [0, 0.1) is 50.2 Å². The second-order valence-corrected chi connectivity index (χ2v) is 17.1. The summed E-state index contributed by atoms with van der Waals surface area (Å²) in [5, 5.41) is 52.5. The van der Waals surface area contributed by atoms with Gasteiger partial charge in [0.05, 0.1) is 37.3 Å².